The van der Waals surface area contributed by atoms with Crippen LogP contribution in [-0.2, 0) is 30.8 Å². The highest BCUT2D eigenvalue weighted by molar-refractivity contribution is 7.20. The maximum Gasteiger partial charge on any atom is 0.220 e. The van der Waals surface area contributed by atoms with Crippen LogP contribution in [0.25, 0.3) is 0 Å². The number of halogens is 3. The third kappa shape index (κ3) is 5.11. The van der Waals surface area contributed by atoms with E-state index in [1.54, 1.807) is 0 Å². The summed E-state index contributed by atoms with van der Waals surface area (Å²) in [5.74, 6) is 0.0704. The molecule has 1 aliphatic rings. The Kier molecular flexibility index (Phi) is 7.38. The van der Waals surface area contributed by atoms with Gasteiger partial charge in [-0.25, -0.2) is 0 Å². The molecule has 0 fully saturated rings. The number of amides is 1. The van der Waals surface area contributed by atoms with E-state index in [2.05, 4.69) is 28.8 Å². The first-order valence-corrected chi connectivity index (χ1v) is 9.21. The summed E-state index contributed by atoms with van der Waals surface area (Å²) in [4.78, 5) is 12.0. The fraction of sp³-hybridized carbons (Fsp3) is 0.353. The predicted molar refractivity (Wildman–Crippen MR) is 103 cm³/mol. The molecule has 130 valence electrons. The lowest BCUT2D eigenvalue weighted by Crippen LogP contribution is -2.22. The standard InChI is InChI=1S/C17H18Cl2N2OS.ClH/c18-15-7-12(17(19)23-15)2-1-3-16(22)21-8-11-4-5-13-9-20-10-14(13)6-11;/h4-7,20H,1-3,8-10H2,(H,21,22);1H. The van der Waals surface area contributed by atoms with E-state index in [9.17, 15) is 4.79 Å². The van der Waals surface area contributed by atoms with Crippen molar-refractivity contribution in [2.45, 2.75) is 38.9 Å². The lowest BCUT2D eigenvalue weighted by molar-refractivity contribution is -0.121. The Morgan fingerprint density at radius 2 is 2.00 bits per heavy atom. The Labute approximate surface area is 162 Å². The van der Waals surface area contributed by atoms with Crippen molar-refractivity contribution < 1.29 is 4.79 Å². The molecule has 1 aliphatic heterocycles. The summed E-state index contributed by atoms with van der Waals surface area (Å²) in [5.41, 5.74) is 4.86. The number of carbonyl (C=O) groups excluding carboxylic acids is 1. The van der Waals surface area contributed by atoms with Crippen molar-refractivity contribution in [3.05, 3.63) is 55.2 Å². The maximum absolute atomic E-state index is 12.0. The first-order valence-electron chi connectivity index (χ1n) is 7.63. The van der Waals surface area contributed by atoms with Crippen molar-refractivity contribution in [2.75, 3.05) is 0 Å². The third-order valence-corrected chi connectivity index (χ3v) is 5.54. The molecule has 2 N–H and O–H groups in total. The number of fused-ring (bicyclic) bond motifs is 1. The molecule has 0 atom stereocenters. The quantitative estimate of drug-likeness (QED) is 0.730. The molecular formula is C17H19Cl3N2OS. The van der Waals surface area contributed by atoms with Gasteiger partial charge in [-0.05, 0) is 41.2 Å². The van der Waals surface area contributed by atoms with Crippen molar-refractivity contribution in [2.24, 2.45) is 0 Å². The number of carbonyl (C=O) groups is 1. The van der Waals surface area contributed by atoms with Crippen molar-refractivity contribution in [3.8, 4) is 0 Å². The molecule has 0 spiro atoms. The monoisotopic (exact) mass is 404 g/mol. The van der Waals surface area contributed by atoms with E-state index in [0.29, 0.717) is 17.3 Å². The van der Waals surface area contributed by atoms with E-state index in [0.717, 1.165) is 41.4 Å². The second kappa shape index (κ2) is 9.07. The number of hydrogen-bond acceptors (Lipinski definition) is 3. The Morgan fingerprint density at radius 1 is 1.21 bits per heavy atom. The molecule has 0 aliphatic carbocycles. The number of hydrogen-bond donors (Lipinski definition) is 2. The van der Waals surface area contributed by atoms with Crippen LogP contribution in [0.3, 0.4) is 0 Å². The normalized spacial score (nSPS) is 12.6. The first-order chi connectivity index (χ1) is 11.1. The summed E-state index contributed by atoms with van der Waals surface area (Å²) < 4.78 is 1.42. The van der Waals surface area contributed by atoms with Crippen molar-refractivity contribution in [3.63, 3.8) is 0 Å². The molecule has 7 heteroatoms. The lowest BCUT2D eigenvalue weighted by atomic mass is 10.1. The Hall–Kier alpha value is -0.780. The van der Waals surface area contributed by atoms with Gasteiger partial charge in [0, 0.05) is 26.1 Å². The maximum atomic E-state index is 12.0. The Bertz CT molecular complexity index is 718. The van der Waals surface area contributed by atoms with Gasteiger partial charge in [0.25, 0.3) is 0 Å². The SMILES string of the molecule is Cl.O=C(CCCc1cc(Cl)sc1Cl)NCc1ccc2c(c1)CNC2. The molecule has 0 saturated carbocycles. The van der Waals surface area contributed by atoms with Gasteiger partial charge in [0.1, 0.15) is 0 Å². The van der Waals surface area contributed by atoms with Gasteiger partial charge in [0.05, 0.1) is 8.67 Å². The average Bonchev–Trinajstić information content (AvgIpc) is 3.11. The Balaban J connectivity index is 0.00000208. The van der Waals surface area contributed by atoms with Crippen LogP contribution < -0.4 is 10.6 Å². The van der Waals surface area contributed by atoms with Crippen molar-refractivity contribution >= 4 is 52.9 Å². The van der Waals surface area contributed by atoms with Gasteiger partial charge < -0.3 is 10.6 Å². The van der Waals surface area contributed by atoms with Crippen LogP contribution >= 0.6 is 46.9 Å². The fourth-order valence-electron chi connectivity index (χ4n) is 2.73. The van der Waals surface area contributed by atoms with Crippen LogP contribution in [0.1, 0.15) is 35.1 Å². The highest BCUT2D eigenvalue weighted by atomic mass is 35.5. The second-order valence-corrected chi connectivity index (χ2v) is 7.97. The molecule has 0 unspecified atom stereocenters. The van der Waals surface area contributed by atoms with Gasteiger partial charge in [0.2, 0.25) is 5.91 Å². The Morgan fingerprint density at radius 3 is 2.75 bits per heavy atom. The van der Waals surface area contributed by atoms with E-state index in [1.165, 1.54) is 22.5 Å². The summed E-state index contributed by atoms with van der Waals surface area (Å²) in [5, 5.41) is 6.30. The summed E-state index contributed by atoms with van der Waals surface area (Å²) >= 11 is 13.4. The van der Waals surface area contributed by atoms with Crippen LogP contribution in [0.15, 0.2) is 24.3 Å². The minimum Gasteiger partial charge on any atom is -0.352 e. The number of rotatable bonds is 6. The number of benzene rings is 1. The number of thiophene rings is 1. The predicted octanol–water partition coefficient (Wildman–Crippen LogP) is 4.72. The zero-order chi connectivity index (χ0) is 16.2. The van der Waals surface area contributed by atoms with Gasteiger partial charge in [-0.1, -0.05) is 41.4 Å². The van der Waals surface area contributed by atoms with Crippen molar-refractivity contribution in [1.29, 1.82) is 0 Å². The molecule has 0 radical (unpaired) electrons. The highest BCUT2D eigenvalue weighted by Gasteiger charge is 2.11. The molecule has 1 aromatic heterocycles. The van der Waals surface area contributed by atoms with E-state index >= 15 is 0 Å². The summed E-state index contributed by atoms with van der Waals surface area (Å²) in [6, 6.07) is 8.27. The number of aryl methyl sites for hydroxylation is 1. The third-order valence-electron chi connectivity index (χ3n) is 3.97. The molecule has 1 aromatic carbocycles. The number of nitrogens with one attached hydrogen (secondary N) is 2. The molecule has 0 bridgehead atoms. The smallest absolute Gasteiger partial charge is 0.220 e. The van der Waals surface area contributed by atoms with Gasteiger partial charge >= 0.3 is 0 Å². The molecule has 3 rings (SSSR count). The fourth-order valence-corrected chi connectivity index (χ4v) is 4.28. The van der Waals surface area contributed by atoms with Crippen molar-refractivity contribution in [1.82, 2.24) is 10.6 Å². The lowest BCUT2D eigenvalue weighted by Gasteiger charge is -2.07. The summed E-state index contributed by atoms with van der Waals surface area (Å²) in [7, 11) is 0. The topological polar surface area (TPSA) is 41.1 Å². The molecule has 2 aromatic rings. The minimum absolute atomic E-state index is 0. The highest BCUT2D eigenvalue weighted by Crippen LogP contribution is 2.32. The summed E-state index contributed by atoms with van der Waals surface area (Å²) in [6.07, 6.45) is 2.04. The summed E-state index contributed by atoms with van der Waals surface area (Å²) in [6.45, 7) is 2.44. The van der Waals surface area contributed by atoms with Crippen LogP contribution in [0.2, 0.25) is 8.67 Å². The molecule has 2 heterocycles. The van der Waals surface area contributed by atoms with Crippen LogP contribution in [-0.4, -0.2) is 5.91 Å². The van der Waals surface area contributed by atoms with Gasteiger partial charge in [0.15, 0.2) is 0 Å². The van der Waals surface area contributed by atoms with Gasteiger partial charge in [-0.2, -0.15) is 0 Å². The van der Waals surface area contributed by atoms with E-state index in [-0.39, 0.29) is 18.3 Å². The zero-order valence-corrected chi connectivity index (χ0v) is 16.2. The zero-order valence-electron chi connectivity index (χ0n) is 13.0. The largest absolute Gasteiger partial charge is 0.352 e. The molecule has 3 nitrogen and oxygen atoms in total. The molecule has 24 heavy (non-hydrogen) atoms. The second-order valence-electron chi connectivity index (χ2n) is 5.69. The molecular weight excluding hydrogens is 387 g/mol. The van der Waals surface area contributed by atoms with Crippen LogP contribution in [0.4, 0.5) is 0 Å². The first kappa shape index (κ1) is 19.5. The van der Waals surface area contributed by atoms with Crippen LogP contribution in [0, 0.1) is 0 Å². The van der Waals surface area contributed by atoms with Gasteiger partial charge in [-0.15, -0.1) is 23.7 Å². The molecule has 0 saturated heterocycles. The van der Waals surface area contributed by atoms with E-state index in [4.69, 9.17) is 23.2 Å². The average molecular weight is 406 g/mol. The van der Waals surface area contributed by atoms with E-state index in [1.807, 2.05) is 6.07 Å². The van der Waals surface area contributed by atoms with Crippen LogP contribution in [0.5, 0.6) is 0 Å². The van der Waals surface area contributed by atoms with E-state index < -0.39 is 0 Å². The van der Waals surface area contributed by atoms with Gasteiger partial charge in [-0.3, -0.25) is 4.79 Å². The minimum atomic E-state index is 0. The molecule has 1 amide bonds.